The van der Waals surface area contributed by atoms with Crippen molar-refractivity contribution in [1.29, 1.82) is 0 Å². The molecule has 0 aliphatic heterocycles. The third-order valence-corrected chi connectivity index (χ3v) is 2.78. The molecule has 0 saturated carbocycles. The highest BCUT2D eigenvalue weighted by Gasteiger charge is 2.17. The van der Waals surface area contributed by atoms with Gasteiger partial charge in [-0.25, -0.2) is 4.79 Å². The molecule has 0 aliphatic rings. The number of aryl methyl sites for hydroxylation is 1. The lowest BCUT2D eigenvalue weighted by atomic mass is 10.1. The Labute approximate surface area is 120 Å². The Bertz CT molecular complexity index is 451. The summed E-state index contributed by atoms with van der Waals surface area (Å²) in [4.78, 5) is 23.5. The first kappa shape index (κ1) is 16.2. The maximum absolute atomic E-state index is 11.8. The number of hydrogen-bond donors (Lipinski definition) is 1. The number of rotatable bonds is 6. The third-order valence-electron chi connectivity index (χ3n) is 2.78. The van der Waals surface area contributed by atoms with Crippen LogP contribution in [0.3, 0.4) is 0 Å². The first-order valence-corrected chi connectivity index (χ1v) is 6.90. The lowest BCUT2D eigenvalue weighted by Crippen LogP contribution is -2.40. The Balaban J connectivity index is 2.41. The molecule has 110 valence electrons. The number of carbonyl (C=O) groups excluding carboxylic acids is 2. The molecule has 1 aromatic rings. The molecule has 1 aromatic carbocycles. The summed E-state index contributed by atoms with van der Waals surface area (Å²) >= 11 is 0. The lowest BCUT2D eigenvalue weighted by molar-refractivity contribution is -0.148. The minimum atomic E-state index is -0.619. The fourth-order valence-corrected chi connectivity index (χ4v) is 1.62. The van der Waals surface area contributed by atoms with Gasteiger partial charge in [0, 0.05) is 0 Å². The molecule has 1 amide bonds. The summed E-state index contributed by atoms with van der Waals surface area (Å²) < 4.78 is 5.08. The minimum absolute atomic E-state index is 0.178. The van der Waals surface area contributed by atoms with Crippen LogP contribution in [0.25, 0.3) is 0 Å². The molecule has 0 radical (unpaired) electrons. The Morgan fingerprint density at radius 2 is 1.75 bits per heavy atom. The molecule has 4 nitrogen and oxygen atoms in total. The van der Waals surface area contributed by atoms with Gasteiger partial charge in [-0.15, -0.1) is 0 Å². The summed E-state index contributed by atoms with van der Waals surface area (Å²) in [5.41, 5.74) is 2.08. The Morgan fingerprint density at radius 3 is 2.30 bits per heavy atom. The highest BCUT2D eigenvalue weighted by molar-refractivity contribution is 5.85. The lowest BCUT2D eigenvalue weighted by Gasteiger charge is -2.14. The van der Waals surface area contributed by atoms with Crippen molar-refractivity contribution >= 4 is 11.9 Å². The van der Waals surface area contributed by atoms with E-state index in [1.807, 2.05) is 45.0 Å². The van der Waals surface area contributed by atoms with Gasteiger partial charge in [0.2, 0.25) is 5.91 Å². The van der Waals surface area contributed by atoms with E-state index in [1.54, 1.807) is 6.92 Å². The molecule has 0 heterocycles. The molecule has 1 unspecified atom stereocenters. The quantitative estimate of drug-likeness (QED) is 0.811. The molecule has 0 aliphatic carbocycles. The SMILES string of the molecule is Cc1ccc(CC(=O)NC(C)C(=O)OCC(C)C)cc1. The Hall–Kier alpha value is -1.84. The number of benzene rings is 1. The zero-order valence-electron chi connectivity index (χ0n) is 12.6. The van der Waals surface area contributed by atoms with E-state index in [0.717, 1.165) is 11.1 Å². The van der Waals surface area contributed by atoms with Gasteiger partial charge in [0.15, 0.2) is 0 Å². The molecule has 1 N–H and O–H groups in total. The van der Waals surface area contributed by atoms with E-state index in [4.69, 9.17) is 4.74 Å². The van der Waals surface area contributed by atoms with Gasteiger partial charge in [-0.05, 0) is 25.3 Å². The van der Waals surface area contributed by atoms with Crippen molar-refractivity contribution in [3.63, 3.8) is 0 Å². The highest BCUT2D eigenvalue weighted by Crippen LogP contribution is 2.04. The molecule has 20 heavy (non-hydrogen) atoms. The van der Waals surface area contributed by atoms with Crippen molar-refractivity contribution in [2.75, 3.05) is 6.61 Å². The summed E-state index contributed by atoms with van der Waals surface area (Å²) in [6, 6.07) is 7.13. The average molecular weight is 277 g/mol. The van der Waals surface area contributed by atoms with Crippen LogP contribution in [0.4, 0.5) is 0 Å². The van der Waals surface area contributed by atoms with Crippen molar-refractivity contribution in [2.24, 2.45) is 5.92 Å². The number of nitrogens with one attached hydrogen (secondary N) is 1. The zero-order chi connectivity index (χ0) is 15.1. The van der Waals surface area contributed by atoms with Gasteiger partial charge in [0.05, 0.1) is 13.0 Å². The van der Waals surface area contributed by atoms with Gasteiger partial charge in [0.25, 0.3) is 0 Å². The van der Waals surface area contributed by atoms with E-state index in [0.29, 0.717) is 6.61 Å². The summed E-state index contributed by atoms with van der Waals surface area (Å²) in [7, 11) is 0. The van der Waals surface area contributed by atoms with Crippen LogP contribution in [0.15, 0.2) is 24.3 Å². The van der Waals surface area contributed by atoms with E-state index < -0.39 is 12.0 Å². The smallest absolute Gasteiger partial charge is 0.328 e. The largest absolute Gasteiger partial charge is 0.464 e. The van der Waals surface area contributed by atoms with E-state index in [-0.39, 0.29) is 18.2 Å². The van der Waals surface area contributed by atoms with Crippen LogP contribution in [-0.2, 0) is 20.7 Å². The van der Waals surface area contributed by atoms with Gasteiger partial charge in [-0.2, -0.15) is 0 Å². The summed E-state index contributed by atoms with van der Waals surface area (Å²) in [5.74, 6) is -0.284. The first-order chi connectivity index (χ1) is 9.38. The van der Waals surface area contributed by atoms with Gasteiger partial charge in [0.1, 0.15) is 6.04 Å². The topological polar surface area (TPSA) is 55.4 Å². The summed E-state index contributed by atoms with van der Waals surface area (Å²) in [6.07, 6.45) is 0.266. The van der Waals surface area contributed by atoms with Gasteiger partial charge in [-0.1, -0.05) is 43.7 Å². The molecule has 0 saturated heterocycles. The normalized spacial score (nSPS) is 12.1. The first-order valence-electron chi connectivity index (χ1n) is 6.90. The number of hydrogen-bond acceptors (Lipinski definition) is 3. The van der Waals surface area contributed by atoms with Crippen LogP contribution < -0.4 is 5.32 Å². The second-order valence-electron chi connectivity index (χ2n) is 5.48. The molecular formula is C16H23NO3. The van der Waals surface area contributed by atoms with Crippen molar-refractivity contribution < 1.29 is 14.3 Å². The molecule has 0 spiro atoms. The molecule has 1 atom stereocenters. The fourth-order valence-electron chi connectivity index (χ4n) is 1.62. The van der Waals surface area contributed by atoms with Crippen molar-refractivity contribution in [3.05, 3.63) is 35.4 Å². The standard InChI is InChI=1S/C16H23NO3/c1-11(2)10-20-16(19)13(4)17-15(18)9-14-7-5-12(3)6-8-14/h5-8,11,13H,9-10H2,1-4H3,(H,17,18). The van der Waals surface area contributed by atoms with Gasteiger partial charge < -0.3 is 10.1 Å². The van der Waals surface area contributed by atoms with Gasteiger partial charge >= 0.3 is 5.97 Å². The highest BCUT2D eigenvalue weighted by atomic mass is 16.5. The molecule has 4 heteroatoms. The fraction of sp³-hybridized carbons (Fsp3) is 0.500. The summed E-state index contributed by atoms with van der Waals surface area (Å²) in [5, 5.41) is 2.65. The van der Waals surface area contributed by atoms with Crippen LogP contribution in [0.5, 0.6) is 0 Å². The van der Waals surface area contributed by atoms with Crippen LogP contribution >= 0.6 is 0 Å². The Kier molecular flexibility index (Phi) is 6.22. The third kappa shape index (κ3) is 5.87. The molecule has 0 bridgehead atoms. The van der Waals surface area contributed by atoms with Crippen LogP contribution in [-0.4, -0.2) is 24.5 Å². The van der Waals surface area contributed by atoms with Crippen molar-refractivity contribution in [2.45, 2.75) is 40.2 Å². The van der Waals surface area contributed by atoms with Crippen LogP contribution in [0.2, 0.25) is 0 Å². The predicted octanol–water partition coefficient (Wildman–Crippen LogP) is 2.24. The number of amides is 1. The molecule has 0 aromatic heterocycles. The zero-order valence-corrected chi connectivity index (χ0v) is 12.6. The molecule has 1 rings (SSSR count). The number of esters is 1. The number of ether oxygens (including phenoxy) is 1. The average Bonchev–Trinajstić information content (AvgIpc) is 2.38. The van der Waals surface area contributed by atoms with E-state index in [9.17, 15) is 9.59 Å². The minimum Gasteiger partial charge on any atom is -0.464 e. The van der Waals surface area contributed by atoms with Crippen LogP contribution in [0, 0.1) is 12.8 Å². The monoisotopic (exact) mass is 277 g/mol. The molecular weight excluding hydrogens is 254 g/mol. The second-order valence-corrected chi connectivity index (χ2v) is 5.48. The van der Waals surface area contributed by atoms with E-state index in [2.05, 4.69) is 5.32 Å². The maximum atomic E-state index is 11.8. The van der Waals surface area contributed by atoms with E-state index >= 15 is 0 Å². The summed E-state index contributed by atoms with van der Waals surface area (Å²) in [6.45, 7) is 7.94. The number of carbonyl (C=O) groups is 2. The maximum Gasteiger partial charge on any atom is 0.328 e. The van der Waals surface area contributed by atoms with Gasteiger partial charge in [-0.3, -0.25) is 4.79 Å². The van der Waals surface area contributed by atoms with Crippen molar-refractivity contribution in [1.82, 2.24) is 5.32 Å². The van der Waals surface area contributed by atoms with Crippen LogP contribution in [0.1, 0.15) is 31.9 Å². The second kappa shape index (κ2) is 7.68. The van der Waals surface area contributed by atoms with Crippen molar-refractivity contribution in [3.8, 4) is 0 Å². The molecule has 0 fully saturated rings. The Morgan fingerprint density at radius 1 is 1.15 bits per heavy atom. The van der Waals surface area contributed by atoms with E-state index in [1.165, 1.54) is 0 Å². The predicted molar refractivity (Wildman–Crippen MR) is 78.3 cm³/mol.